The average molecular weight is 286 g/mol. The first kappa shape index (κ1) is 15.8. The van der Waals surface area contributed by atoms with Crippen molar-refractivity contribution in [3.05, 3.63) is 27.4 Å². The molecule has 2 unspecified atom stereocenters. The molecular formula is C11H14N2O7. The van der Waals surface area contributed by atoms with Gasteiger partial charge in [0.25, 0.3) is 5.88 Å². The minimum absolute atomic E-state index is 0.0220. The lowest BCUT2D eigenvalue weighted by molar-refractivity contribution is -0.386. The molecule has 9 heteroatoms. The summed E-state index contributed by atoms with van der Waals surface area (Å²) >= 11 is 0. The molecule has 0 spiro atoms. The molecule has 0 aliphatic rings. The first-order chi connectivity index (χ1) is 9.29. The molecule has 1 heterocycles. The summed E-state index contributed by atoms with van der Waals surface area (Å²) in [6.45, 7) is 1.36. The van der Waals surface area contributed by atoms with Crippen molar-refractivity contribution in [2.24, 2.45) is 0 Å². The minimum Gasteiger partial charge on any atom is -0.481 e. The fourth-order valence-corrected chi connectivity index (χ4v) is 1.74. The molecule has 1 rings (SSSR count). The summed E-state index contributed by atoms with van der Waals surface area (Å²) in [4.78, 5) is 24.4. The zero-order valence-corrected chi connectivity index (χ0v) is 10.8. The number of aliphatic hydroxyl groups excluding tert-OH is 2. The lowest BCUT2D eigenvalue weighted by atomic mass is 9.99. The second-order valence-electron chi connectivity index (χ2n) is 4.06. The van der Waals surface area contributed by atoms with Gasteiger partial charge in [0.15, 0.2) is 0 Å². The summed E-state index contributed by atoms with van der Waals surface area (Å²) in [7, 11) is 1.21. The third kappa shape index (κ3) is 3.19. The van der Waals surface area contributed by atoms with Crippen molar-refractivity contribution in [2.75, 3.05) is 7.11 Å². The van der Waals surface area contributed by atoms with Crippen molar-refractivity contribution in [1.82, 2.24) is 4.98 Å². The lowest BCUT2D eigenvalue weighted by Crippen LogP contribution is -2.23. The molecule has 0 aliphatic carbocycles. The highest BCUT2D eigenvalue weighted by atomic mass is 16.6. The molecule has 0 amide bonds. The van der Waals surface area contributed by atoms with Crippen LogP contribution in [0.3, 0.4) is 0 Å². The van der Waals surface area contributed by atoms with Crippen LogP contribution in [0.4, 0.5) is 5.69 Å². The zero-order chi connectivity index (χ0) is 15.4. The van der Waals surface area contributed by atoms with E-state index in [2.05, 4.69) is 4.98 Å². The number of carboxylic acids is 1. The number of hydrogen-bond donors (Lipinski definition) is 3. The first-order valence-corrected chi connectivity index (χ1v) is 5.55. The second kappa shape index (κ2) is 6.26. The second-order valence-corrected chi connectivity index (χ2v) is 4.06. The van der Waals surface area contributed by atoms with Crippen LogP contribution in [0.1, 0.15) is 23.7 Å². The first-order valence-electron chi connectivity index (χ1n) is 5.55. The minimum atomic E-state index is -1.60. The van der Waals surface area contributed by atoms with E-state index < -0.39 is 35.2 Å². The molecule has 0 fully saturated rings. The number of aromatic nitrogens is 1. The van der Waals surface area contributed by atoms with E-state index in [1.54, 1.807) is 0 Å². The lowest BCUT2D eigenvalue weighted by Gasteiger charge is -2.18. The highest BCUT2D eigenvalue weighted by molar-refractivity contribution is 5.67. The van der Waals surface area contributed by atoms with Crippen LogP contribution in [0, 0.1) is 17.0 Å². The standard InChI is InChI=1S/C11H14N2O7/c1-5-6(10(17)7(14)3-8(15)16)4-12-11(20-2)9(5)13(18)19/h4,7,10,14,17H,3H2,1-2H3,(H,15,16). The Morgan fingerprint density at radius 2 is 2.15 bits per heavy atom. The van der Waals surface area contributed by atoms with Gasteiger partial charge in [-0.15, -0.1) is 0 Å². The van der Waals surface area contributed by atoms with Crippen molar-refractivity contribution < 1.29 is 29.8 Å². The van der Waals surface area contributed by atoms with E-state index in [1.807, 2.05) is 0 Å². The maximum Gasteiger partial charge on any atom is 0.334 e. The fourth-order valence-electron chi connectivity index (χ4n) is 1.74. The Morgan fingerprint density at radius 3 is 2.60 bits per heavy atom. The van der Waals surface area contributed by atoms with Gasteiger partial charge in [-0.25, -0.2) is 4.98 Å². The van der Waals surface area contributed by atoms with E-state index >= 15 is 0 Å². The summed E-state index contributed by atoms with van der Waals surface area (Å²) in [5.74, 6) is -1.53. The van der Waals surface area contributed by atoms with Gasteiger partial charge >= 0.3 is 11.7 Å². The van der Waals surface area contributed by atoms with Gasteiger partial charge in [0.1, 0.15) is 6.10 Å². The third-order valence-corrected chi connectivity index (χ3v) is 2.75. The van der Waals surface area contributed by atoms with E-state index in [-0.39, 0.29) is 17.0 Å². The van der Waals surface area contributed by atoms with Crippen molar-refractivity contribution in [1.29, 1.82) is 0 Å². The molecule has 9 nitrogen and oxygen atoms in total. The number of rotatable bonds is 6. The molecule has 0 aliphatic heterocycles. The number of nitrogens with zero attached hydrogens (tertiary/aromatic N) is 2. The van der Waals surface area contributed by atoms with Gasteiger partial charge in [0.2, 0.25) is 0 Å². The van der Waals surface area contributed by atoms with E-state index in [4.69, 9.17) is 9.84 Å². The Morgan fingerprint density at radius 1 is 1.55 bits per heavy atom. The van der Waals surface area contributed by atoms with Crippen LogP contribution in [0.15, 0.2) is 6.20 Å². The maximum atomic E-state index is 11.0. The summed E-state index contributed by atoms with van der Waals surface area (Å²) in [6, 6.07) is 0. The van der Waals surface area contributed by atoms with Crippen molar-refractivity contribution in [3.8, 4) is 5.88 Å². The number of aliphatic hydroxyl groups is 2. The van der Waals surface area contributed by atoms with Crippen LogP contribution in [-0.4, -0.2) is 44.4 Å². The molecule has 1 aromatic rings. The number of pyridine rings is 1. The van der Waals surface area contributed by atoms with Crippen molar-refractivity contribution in [2.45, 2.75) is 25.6 Å². The quantitative estimate of drug-likeness (QED) is 0.496. The summed E-state index contributed by atoms with van der Waals surface area (Å²) in [5, 5.41) is 39.0. The Balaban J connectivity index is 3.23. The number of carboxylic acid groups (broad SMARTS) is 1. The van der Waals surface area contributed by atoms with E-state index in [0.29, 0.717) is 0 Å². The van der Waals surface area contributed by atoms with Gasteiger partial charge in [-0.05, 0) is 6.92 Å². The van der Waals surface area contributed by atoms with Crippen LogP contribution in [0.5, 0.6) is 5.88 Å². The van der Waals surface area contributed by atoms with Crippen molar-refractivity contribution >= 4 is 11.7 Å². The van der Waals surface area contributed by atoms with Gasteiger partial charge in [-0.3, -0.25) is 14.9 Å². The SMILES string of the molecule is COc1ncc(C(O)C(O)CC(=O)O)c(C)c1[N+](=O)[O-]. The van der Waals surface area contributed by atoms with Gasteiger partial charge in [-0.2, -0.15) is 0 Å². The molecule has 0 radical (unpaired) electrons. The van der Waals surface area contributed by atoms with E-state index in [9.17, 15) is 25.1 Å². The largest absolute Gasteiger partial charge is 0.481 e. The molecule has 0 aromatic carbocycles. The number of methoxy groups -OCH3 is 1. The van der Waals surface area contributed by atoms with E-state index in [0.717, 1.165) is 6.20 Å². The van der Waals surface area contributed by atoms with Crippen LogP contribution in [-0.2, 0) is 4.79 Å². The molecule has 110 valence electrons. The normalized spacial score (nSPS) is 13.6. The molecule has 20 heavy (non-hydrogen) atoms. The molecule has 2 atom stereocenters. The fraction of sp³-hybridized carbons (Fsp3) is 0.455. The van der Waals surface area contributed by atoms with Crippen LogP contribution in [0.25, 0.3) is 0 Å². The number of nitro groups is 1. The summed E-state index contributed by atoms with van der Waals surface area (Å²) in [5.41, 5.74) is -0.406. The van der Waals surface area contributed by atoms with Crippen LogP contribution < -0.4 is 4.74 Å². The highest BCUT2D eigenvalue weighted by Gasteiger charge is 2.29. The Labute approximate surface area is 113 Å². The maximum absolute atomic E-state index is 11.0. The number of carbonyl (C=O) groups is 1. The molecule has 3 N–H and O–H groups in total. The molecule has 0 saturated heterocycles. The molecule has 0 saturated carbocycles. The third-order valence-electron chi connectivity index (χ3n) is 2.75. The topological polar surface area (TPSA) is 143 Å². The van der Waals surface area contributed by atoms with Crippen molar-refractivity contribution in [3.63, 3.8) is 0 Å². The molecule has 0 bridgehead atoms. The van der Waals surface area contributed by atoms with Crippen LogP contribution in [0.2, 0.25) is 0 Å². The molecular weight excluding hydrogens is 272 g/mol. The van der Waals surface area contributed by atoms with Crippen LogP contribution >= 0.6 is 0 Å². The zero-order valence-electron chi connectivity index (χ0n) is 10.8. The number of ether oxygens (including phenoxy) is 1. The van der Waals surface area contributed by atoms with Gasteiger partial charge < -0.3 is 20.1 Å². The number of aliphatic carboxylic acids is 1. The average Bonchev–Trinajstić information content (AvgIpc) is 2.36. The monoisotopic (exact) mass is 286 g/mol. The van der Waals surface area contributed by atoms with Gasteiger partial charge in [0, 0.05) is 17.3 Å². The summed E-state index contributed by atoms with van der Waals surface area (Å²) < 4.78 is 4.76. The molecule has 1 aromatic heterocycles. The summed E-state index contributed by atoms with van der Waals surface area (Å²) in [6.07, 6.45) is -2.78. The Hall–Kier alpha value is -2.26. The Bertz CT molecular complexity index is 532. The highest BCUT2D eigenvalue weighted by Crippen LogP contribution is 2.33. The predicted octanol–water partition coefficient (Wildman–Crippen LogP) is 0.176. The smallest absolute Gasteiger partial charge is 0.334 e. The number of hydrogen-bond acceptors (Lipinski definition) is 7. The Kier molecular flexibility index (Phi) is 4.94. The predicted molar refractivity (Wildman–Crippen MR) is 65.4 cm³/mol. The van der Waals surface area contributed by atoms with Gasteiger partial charge in [-0.1, -0.05) is 0 Å². The van der Waals surface area contributed by atoms with E-state index in [1.165, 1.54) is 14.0 Å². The van der Waals surface area contributed by atoms with Gasteiger partial charge in [0.05, 0.1) is 24.6 Å².